The third kappa shape index (κ3) is 3.01. The van der Waals surface area contributed by atoms with Crippen molar-refractivity contribution in [1.82, 2.24) is 0 Å². The summed E-state index contributed by atoms with van der Waals surface area (Å²) in [6.07, 6.45) is 2.38. The van der Waals surface area contributed by atoms with Crippen LogP contribution in [0.15, 0.2) is 17.0 Å². The predicted octanol–water partition coefficient (Wildman–Crippen LogP) is 1.75. The van der Waals surface area contributed by atoms with E-state index >= 15 is 0 Å². The first-order valence-corrected chi connectivity index (χ1v) is 7.34. The van der Waals surface area contributed by atoms with Gasteiger partial charge in [0.05, 0.1) is 12.0 Å². The maximum atomic E-state index is 11.5. The van der Waals surface area contributed by atoms with Crippen LogP contribution in [0, 0.1) is 0 Å². The number of sulfone groups is 1. The third-order valence-electron chi connectivity index (χ3n) is 2.52. The molecule has 1 aromatic carbocycles. The molecule has 18 heavy (non-hydrogen) atoms. The van der Waals surface area contributed by atoms with E-state index < -0.39 is 15.8 Å². The van der Waals surface area contributed by atoms with Gasteiger partial charge in [-0.25, -0.2) is 13.2 Å². The van der Waals surface area contributed by atoms with Crippen molar-refractivity contribution in [3.63, 3.8) is 0 Å². The summed E-state index contributed by atoms with van der Waals surface area (Å²) < 4.78 is 28.1. The van der Waals surface area contributed by atoms with Crippen LogP contribution in [0.3, 0.4) is 0 Å². The van der Waals surface area contributed by atoms with Crippen LogP contribution in [0.1, 0.15) is 29.3 Å². The molecule has 0 bridgehead atoms. The summed E-state index contributed by atoms with van der Waals surface area (Å²) in [6.45, 7) is 1.92. The van der Waals surface area contributed by atoms with Crippen LogP contribution in [0.4, 0.5) is 0 Å². The first-order valence-electron chi connectivity index (χ1n) is 5.45. The molecule has 0 atom stereocenters. The lowest BCUT2D eigenvalue weighted by molar-refractivity contribution is 0.0693. The fraction of sp³-hybridized carbons (Fsp3) is 0.417. The Hall–Kier alpha value is -1.56. The van der Waals surface area contributed by atoms with Gasteiger partial charge in [0.15, 0.2) is 9.84 Å². The zero-order chi connectivity index (χ0) is 13.9. The molecular weight excluding hydrogens is 256 g/mol. The first-order chi connectivity index (χ1) is 8.31. The number of methoxy groups -OCH3 is 1. The number of carboxylic acid groups (broad SMARTS) is 1. The molecule has 0 spiro atoms. The summed E-state index contributed by atoms with van der Waals surface area (Å²) in [4.78, 5) is 11.1. The van der Waals surface area contributed by atoms with Crippen molar-refractivity contribution in [2.75, 3.05) is 13.4 Å². The highest BCUT2D eigenvalue weighted by Gasteiger charge is 2.20. The van der Waals surface area contributed by atoms with Crippen molar-refractivity contribution < 1.29 is 23.1 Å². The van der Waals surface area contributed by atoms with Gasteiger partial charge < -0.3 is 9.84 Å². The Morgan fingerprint density at radius 1 is 1.39 bits per heavy atom. The summed E-state index contributed by atoms with van der Waals surface area (Å²) in [5, 5.41) is 9.10. The second kappa shape index (κ2) is 5.39. The highest BCUT2D eigenvalue weighted by atomic mass is 32.2. The van der Waals surface area contributed by atoms with E-state index in [1.54, 1.807) is 0 Å². The highest BCUT2D eigenvalue weighted by Crippen LogP contribution is 2.29. The van der Waals surface area contributed by atoms with Gasteiger partial charge in [0.1, 0.15) is 11.3 Å². The summed E-state index contributed by atoms with van der Waals surface area (Å²) in [6, 6.07) is 2.61. The molecule has 0 saturated heterocycles. The Kier molecular flexibility index (Phi) is 4.34. The van der Waals surface area contributed by atoms with Gasteiger partial charge in [-0.1, -0.05) is 13.3 Å². The monoisotopic (exact) mass is 272 g/mol. The number of aromatic carboxylic acids is 1. The van der Waals surface area contributed by atoms with Gasteiger partial charge in [-0.05, 0) is 24.1 Å². The molecule has 6 heteroatoms. The summed E-state index contributed by atoms with van der Waals surface area (Å²) in [7, 11) is -2.07. The molecule has 0 fully saturated rings. The molecule has 1 N–H and O–H groups in total. The van der Waals surface area contributed by atoms with Crippen molar-refractivity contribution in [1.29, 1.82) is 0 Å². The van der Waals surface area contributed by atoms with Crippen molar-refractivity contribution in [3.8, 4) is 5.75 Å². The number of benzene rings is 1. The highest BCUT2D eigenvalue weighted by molar-refractivity contribution is 7.90. The van der Waals surface area contributed by atoms with Crippen LogP contribution in [0.2, 0.25) is 0 Å². The lowest BCUT2D eigenvalue weighted by Crippen LogP contribution is -2.07. The quantitative estimate of drug-likeness (QED) is 0.883. The smallest absolute Gasteiger partial charge is 0.339 e. The van der Waals surface area contributed by atoms with Gasteiger partial charge >= 0.3 is 5.97 Å². The number of carbonyl (C=O) groups is 1. The van der Waals surface area contributed by atoms with E-state index in [0.29, 0.717) is 12.0 Å². The summed E-state index contributed by atoms with van der Waals surface area (Å²) in [5.41, 5.74) is 0.476. The SMILES string of the molecule is CCCc1cc(S(C)(=O)=O)cc(C(=O)O)c1OC. The Morgan fingerprint density at radius 2 is 2.00 bits per heavy atom. The van der Waals surface area contributed by atoms with Gasteiger partial charge in [0.2, 0.25) is 0 Å². The molecule has 0 amide bonds. The first kappa shape index (κ1) is 14.5. The van der Waals surface area contributed by atoms with E-state index in [0.717, 1.165) is 18.7 Å². The summed E-state index contributed by atoms with van der Waals surface area (Å²) in [5.74, 6) is -0.966. The van der Waals surface area contributed by atoms with Crippen LogP contribution in [0.25, 0.3) is 0 Å². The lowest BCUT2D eigenvalue weighted by Gasteiger charge is -2.12. The van der Waals surface area contributed by atoms with Crippen LogP contribution in [-0.4, -0.2) is 32.9 Å². The van der Waals surface area contributed by atoms with Crippen LogP contribution in [0.5, 0.6) is 5.75 Å². The number of ether oxygens (including phenoxy) is 1. The molecule has 0 unspecified atom stereocenters. The van der Waals surface area contributed by atoms with Gasteiger partial charge in [-0.3, -0.25) is 0 Å². The van der Waals surface area contributed by atoms with E-state index in [-0.39, 0.29) is 16.2 Å². The Labute approximate surface area is 106 Å². The number of hydrogen-bond acceptors (Lipinski definition) is 4. The molecule has 5 nitrogen and oxygen atoms in total. The Morgan fingerprint density at radius 3 is 2.39 bits per heavy atom. The minimum Gasteiger partial charge on any atom is -0.496 e. The molecule has 0 heterocycles. The number of aryl methyl sites for hydroxylation is 1. The molecule has 0 radical (unpaired) electrons. The predicted molar refractivity (Wildman–Crippen MR) is 67.1 cm³/mol. The third-order valence-corrected chi connectivity index (χ3v) is 3.61. The molecule has 100 valence electrons. The fourth-order valence-electron chi connectivity index (χ4n) is 1.73. The Balaban J connectivity index is 3.59. The van der Waals surface area contributed by atoms with Crippen LogP contribution >= 0.6 is 0 Å². The van der Waals surface area contributed by atoms with E-state index in [4.69, 9.17) is 9.84 Å². The van der Waals surface area contributed by atoms with E-state index in [2.05, 4.69) is 0 Å². The molecule has 0 aliphatic rings. The molecule has 0 aliphatic carbocycles. The van der Waals surface area contributed by atoms with Crippen molar-refractivity contribution in [3.05, 3.63) is 23.3 Å². The minimum absolute atomic E-state index is 0.00384. The van der Waals surface area contributed by atoms with Gasteiger partial charge in [-0.15, -0.1) is 0 Å². The van der Waals surface area contributed by atoms with Crippen molar-refractivity contribution >= 4 is 15.8 Å². The minimum atomic E-state index is -3.44. The van der Waals surface area contributed by atoms with E-state index in [1.807, 2.05) is 6.92 Å². The zero-order valence-corrected chi connectivity index (χ0v) is 11.4. The second-order valence-corrected chi connectivity index (χ2v) is 6.01. The van der Waals surface area contributed by atoms with Crippen LogP contribution in [-0.2, 0) is 16.3 Å². The standard InChI is InChI=1S/C12H16O5S/c1-4-5-8-6-9(18(3,15)16)7-10(12(13)14)11(8)17-2/h6-7H,4-5H2,1-3H3,(H,13,14). The molecule has 0 saturated carbocycles. The van der Waals surface area contributed by atoms with Crippen molar-refractivity contribution in [2.45, 2.75) is 24.7 Å². The molecule has 0 aliphatic heterocycles. The number of rotatable bonds is 5. The normalized spacial score (nSPS) is 11.3. The molecule has 1 aromatic rings. The maximum absolute atomic E-state index is 11.5. The zero-order valence-electron chi connectivity index (χ0n) is 10.6. The van der Waals surface area contributed by atoms with Crippen molar-refractivity contribution in [2.24, 2.45) is 0 Å². The topological polar surface area (TPSA) is 80.7 Å². The van der Waals surface area contributed by atoms with Crippen LogP contribution < -0.4 is 4.74 Å². The number of carboxylic acids is 1. The van der Waals surface area contributed by atoms with Gasteiger partial charge in [0, 0.05) is 6.26 Å². The average molecular weight is 272 g/mol. The van der Waals surface area contributed by atoms with E-state index in [1.165, 1.54) is 13.2 Å². The summed E-state index contributed by atoms with van der Waals surface area (Å²) >= 11 is 0. The van der Waals surface area contributed by atoms with Gasteiger partial charge in [0.25, 0.3) is 0 Å². The Bertz CT molecular complexity index is 560. The molecule has 1 rings (SSSR count). The number of hydrogen-bond donors (Lipinski definition) is 1. The molecule has 0 aromatic heterocycles. The molecular formula is C12H16O5S. The van der Waals surface area contributed by atoms with E-state index in [9.17, 15) is 13.2 Å². The second-order valence-electron chi connectivity index (χ2n) is 3.99. The maximum Gasteiger partial charge on any atom is 0.339 e. The fourth-order valence-corrected chi connectivity index (χ4v) is 2.42. The average Bonchev–Trinajstić information content (AvgIpc) is 2.27. The lowest BCUT2D eigenvalue weighted by atomic mass is 10.0. The van der Waals surface area contributed by atoms with Gasteiger partial charge in [-0.2, -0.15) is 0 Å². The largest absolute Gasteiger partial charge is 0.496 e.